The van der Waals surface area contributed by atoms with E-state index in [4.69, 9.17) is 0 Å². The topological polar surface area (TPSA) is 54.0 Å². The van der Waals surface area contributed by atoms with Crippen LogP contribution in [0.2, 0.25) is 0 Å². The quantitative estimate of drug-likeness (QED) is 0.415. The van der Waals surface area contributed by atoms with Crippen molar-refractivity contribution < 1.29 is 22.4 Å². The van der Waals surface area contributed by atoms with Gasteiger partial charge in [0, 0.05) is 28.7 Å². The first-order valence-corrected chi connectivity index (χ1v) is 10.7. The van der Waals surface area contributed by atoms with Crippen molar-refractivity contribution >= 4 is 22.5 Å². The minimum Gasteiger partial charge on any atom is -0.385 e. The molecule has 8 heteroatoms. The summed E-state index contributed by atoms with van der Waals surface area (Å²) in [5.74, 6) is -0.844. The van der Waals surface area contributed by atoms with E-state index in [2.05, 4.69) is 15.6 Å². The number of hydrogen-bond acceptors (Lipinski definition) is 3. The molecule has 1 heterocycles. The van der Waals surface area contributed by atoms with E-state index >= 15 is 0 Å². The average molecular weight is 462 g/mol. The van der Waals surface area contributed by atoms with E-state index < -0.39 is 29.4 Å². The fourth-order valence-corrected chi connectivity index (χ4v) is 3.53. The van der Waals surface area contributed by atoms with Crippen LogP contribution in [0.15, 0.2) is 42.5 Å². The molecule has 3 rings (SSSR count). The molecule has 0 aliphatic rings. The summed E-state index contributed by atoms with van der Waals surface area (Å²) < 4.78 is 54.6. The minimum atomic E-state index is -4.44. The van der Waals surface area contributed by atoms with Gasteiger partial charge in [-0.05, 0) is 76.6 Å². The summed E-state index contributed by atoms with van der Waals surface area (Å²) in [5, 5.41) is 6.41. The molecule has 33 heavy (non-hydrogen) atoms. The molecular formula is C25H27F4N3O. The predicted molar refractivity (Wildman–Crippen MR) is 122 cm³/mol. The average Bonchev–Trinajstić information content (AvgIpc) is 2.74. The number of carbonyl (C=O) groups excluding carboxylic acids is 1. The Morgan fingerprint density at radius 2 is 1.79 bits per heavy atom. The number of benzene rings is 2. The summed E-state index contributed by atoms with van der Waals surface area (Å²) in [7, 11) is 0. The number of alkyl halides is 3. The number of halogens is 4. The van der Waals surface area contributed by atoms with Gasteiger partial charge in [0.15, 0.2) is 0 Å². The first kappa shape index (κ1) is 24.5. The third-order valence-corrected chi connectivity index (χ3v) is 5.83. The highest BCUT2D eigenvalue weighted by Crippen LogP contribution is 2.40. The molecule has 1 aromatic heterocycles. The van der Waals surface area contributed by atoms with Crippen molar-refractivity contribution in [2.24, 2.45) is 0 Å². The van der Waals surface area contributed by atoms with Gasteiger partial charge in [-0.15, -0.1) is 0 Å². The number of hydrogen-bond donors (Lipinski definition) is 2. The number of fused-ring (bicyclic) bond motifs is 1. The molecule has 0 spiro atoms. The van der Waals surface area contributed by atoms with Gasteiger partial charge in [0.1, 0.15) is 11.2 Å². The zero-order valence-corrected chi connectivity index (χ0v) is 19.2. The highest BCUT2D eigenvalue weighted by Gasteiger charge is 2.49. The maximum Gasteiger partial charge on any atom is 0.399 e. The van der Waals surface area contributed by atoms with Gasteiger partial charge < -0.3 is 10.6 Å². The van der Waals surface area contributed by atoms with Crippen molar-refractivity contribution in [3.05, 3.63) is 70.7 Å². The largest absolute Gasteiger partial charge is 0.399 e. The highest BCUT2D eigenvalue weighted by atomic mass is 19.4. The third kappa shape index (κ3) is 4.94. The Labute approximate surface area is 190 Å². The van der Waals surface area contributed by atoms with Crippen molar-refractivity contribution in [2.45, 2.75) is 52.3 Å². The number of nitrogens with zero attached hydrogens (tertiary/aromatic N) is 1. The molecule has 0 saturated heterocycles. The Hall–Kier alpha value is -3.16. The van der Waals surface area contributed by atoms with Gasteiger partial charge in [-0.3, -0.25) is 9.78 Å². The summed E-state index contributed by atoms with van der Waals surface area (Å²) in [6, 6.07) is 9.95. The molecule has 1 amide bonds. The smallest absolute Gasteiger partial charge is 0.385 e. The van der Waals surface area contributed by atoms with Crippen molar-refractivity contribution in [1.82, 2.24) is 10.3 Å². The van der Waals surface area contributed by atoms with Crippen molar-refractivity contribution in [1.29, 1.82) is 0 Å². The van der Waals surface area contributed by atoms with Gasteiger partial charge in [-0.1, -0.05) is 6.07 Å². The van der Waals surface area contributed by atoms with Crippen LogP contribution in [-0.2, 0) is 5.41 Å². The van der Waals surface area contributed by atoms with Gasteiger partial charge in [0.25, 0.3) is 5.91 Å². The van der Waals surface area contributed by atoms with Crippen molar-refractivity contribution in [2.75, 3.05) is 11.9 Å². The van der Waals surface area contributed by atoms with Crippen LogP contribution in [0.4, 0.5) is 23.2 Å². The monoisotopic (exact) mass is 461 g/mol. The van der Waals surface area contributed by atoms with E-state index in [0.717, 1.165) is 19.4 Å². The molecule has 176 valence electrons. The second kappa shape index (κ2) is 9.00. The van der Waals surface area contributed by atoms with Crippen LogP contribution < -0.4 is 10.6 Å². The van der Waals surface area contributed by atoms with Crippen LogP contribution in [0.3, 0.4) is 0 Å². The maximum atomic E-state index is 14.6. The molecule has 0 radical (unpaired) electrons. The molecular weight excluding hydrogens is 434 g/mol. The third-order valence-electron chi connectivity index (χ3n) is 5.83. The van der Waals surface area contributed by atoms with Gasteiger partial charge in [0.2, 0.25) is 0 Å². The Morgan fingerprint density at radius 3 is 2.42 bits per heavy atom. The molecule has 0 aliphatic carbocycles. The van der Waals surface area contributed by atoms with Gasteiger partial charge in [-0.2, -0.15) is 13.2 Å². The summed E-state index contributed by atoms with van der Waals surface area (Å²) in [6.45, 7) is 8.30. The number of rotatable bonds is 6. The van der Waals surface area contributed by atoms with Crippen LogP contribution in [0.1, 0.15) is 60.9 Å². The molecule has 0 unspecified atom stereocenters. The molecule has 2 aromatic carbocycles. The zero-order chi connectivity index (χ0) is 24.6. The van der Waals surface area contributed by atoms with E-state index in [0.29, 0.717) is 34.3 Å². The number of anilines is 1. The lowest BCUT2D eigenvalue weighted by Crippen LogP contribution is -2.37. The standard InChI is InChI=1S/C25H27F4N3O/c1-6-30-21-13-19(26)18(11-14(21)2)15(3)31-23(33)17-7-9-20-16(12-17)8-10-22(32-20)24(4,5)25(27,28)29/h7-13,15,30H,6H2,1-5H3,(H,31,33)/t15-/m1/s1. The molecule has 0 bridgehead atoms. The van der Waals surface area contributed by atoms with Gasteiger partial charge >= 0.3 is 6.18 Å². The lowest BCUT2D eigenvalue weighted by Gasteiger charge is -2.27. The number of pyridine rings is 1. The summed E-state index contributed by atoms with van der Waals surface area (Å²) in [4.78, 5) is 16.9. The molecule has 0 saturated carbocycles. The normalized spacial score (nSPS) is 13.1. The number of aryl methyl sites for hydroxylation is 1. The van der Waals surface area contributed by atoms with Gasteiger partial charge in [-0.25, -0.2) is 4.39 Å². The number of amides is 1. The van der Waals surface area contributed by atoms with Crippen LogP contribution in [0.25, 0.3) is 10.9 Å². The van der Waals surface area contributed by atoms with Crippen LogP contribution in [0, 0.1) is 12.7 Å². The number of aromatic nitrogens is 1. The van der Waals surface area contributed by atoms with Crippen molar-refractivity contribution in [3.8, 4) is 0 Å². The van der Waals surface area contributed by atoms with E-state index in [1.807, 2.05) is 13.8 Å². The molecule has 3 aromatic rings. The Balaban J connectivity index is 1.83. The minimum absolute atomic E-state index is 0.0971. The second-order valence-corrected chi connectivity index (χ2v) is 8.64. The Bertz CT molecular complexity index is 1190. The Morgan fingerprint density at radius 1 is 1.09 bits per heavy atom. The first-order chi connectivity index (χ1) is 15.3. The predicted octanol–water partition coefficient (Wildman–Crippen LogP) is 6.45. The fourth-order valence-electron chi connectivity index (χ4n) is 3.53. The SMILES string of the molecule is CCNc1cc(F)c([C@@H](C)NC(=O)c2ccc3nc(C(C)(C)C(F)(F)F)ccc3c2)cc1C. The zero-order valence-electron chi connectivity index (χ0n) is 19.2. The first-order valence-electron chi connectivity index (χ1n) is 10.7. The Kier molecular flexibility index (Phi) is 6.68. The van der Waals surface area contributed by atoms with E-state index in [9.17, 15) is 22.4 Å². The second-order valence-electron chi connectivity index (χ2n) is 8.64. The number of carbonyl (C=O) groups is 1. The molecule has 2 N–H and O–H groups in total. The number of nitrogens with one attached hydrogen (secondary N) is 2. The van der Waals surface area contributed by atoms with E-state index in [1.54, 1.807) is 19.1 Å². The van der Waals surface area contributed by atoms with E-state index in [1.165, 1.54) is 30.3 Å². The highest BCUT2D eigenvalue weighted by molar-refractivity contribution is 5.98. The van der Waals surface area contributed by atoms with Gasteiger partial charge in [0.05, 0.1) is 17.3 Å². The molecule has 4 nitrogen and oxygen atoms in total. The maximum absolute atomic E-state index is 14.6. The van der Waals surface area contributed by atoms with Crippen molar-refractivity contribution in [3.63, 3.8) is 0 Å². The molecule has 0 fully saturated rings. The fraction of sp³-hybridized carbons (Fsp3) is 0.360. The van der Waals surface area contributed by atoms with Crippen LogP contribution >= 0.6 is 0 Å². The lowest BCUT2D eigenvalue weighted by molar-refractivity contribution is -0.181. The summed E-state index contributed by atoms with van der Waals surface area (Å²) in [6.07, 6.45) is -4.44. The van der Waals surface area contributed by atoms with Crippen LogP contribution in [-0.4, -0.2) is 23.6 Å². The molecule has 1 atom stereocenters. The lowest BCUT2D eigenvalue weighted by atomic mass is 9.87. The summed E-state index contributed by atoms with van der Waals surface area (Å²) >= 11 is 0. The van der Waals surface area contributed by atoms with E-state index in [-0.39, 0.29) is 5.69 Å². The molecule has 0 aliphatic heterocycles. The summed E-state index contributed by atoms with van der Waals surface area (Å²) in [5.41, 5.74) is 0.396. The van der Waals surface area contributed by atoms with Crippen LogP contribution in [0.5, 0.6) is 0 Å².